The molecule has 0 N–H and O–H groups in total. The predicted molar refractivity (Wildman–Crippen MR) is 270 cm³/mol. The van der Waals surface area contributed by atoms with E-state index in [1.807, 2.05) is 0 Å². The summed E-state index contributed by atoms with van der Waals surface area (Å²) in [5.41, 5.74) is 17.7. The maximum atomic E-state index is 2.46. The third kappa shape index (κ3) is 6.08. The van der Waals surface area contributed by atoms with Gasteiger partial charge in [0.1, 0.15) is 0 Å². The molecule has 64 heavy (non-hydrogen) atoms. The van der Waals surface area contributed by atoms with Gasteiger partial charge < -0.3 is 4.90 Å². The van der Waals surface area contributed by atoms with Gasteiger partial charge in [-0.1, -0.05) is 224 Å². The first-order valence-corrected chi connectivity index (χ1v) is 22.2. The molecule has 0 spiro atoms. The zero-order chi connectivity index (χ0) is 42.5. The Balaban J connectivity index is 1.05. The summed E-state index contributed by atoms with van der Waals surface area (Å²) in [5, 5.41) is 4.99. The number of hydrogen-bond acceptors (Lipinski definition) is 1. The van der Waals surface area contributed by atoms with E-state index in [-0.39, 0.29) is 0 Å². The summed E-state index contributed by atoms with van der Waals surface area (Å²) in [6, 6.07) is 95.8. The maximum absolute atomic E-state index is 2.46. The number of rotatable bonds is 8. The zero-order valence-electron chi connectivity index (χ0n) is 35.3. The van der Waals surface area contributed by atoms with Gasteiger partial charge in [0.15, 0.2) is 0 Å². The molecule has 300 valence electrons. The number of anilines is 3. The highest BCUT2D eigenvalue weighted by Crippen LogP contribution is 2.57. The average molecular weight is 814 g/mol. The van der Waals surface area contributed by atoms with Gasteiger partial charge >= 0.3 is 0 Å². The van der Waals surface area contributed by atoms with E-state index in [1.54, 1.807) is 0 Å². The summed E-state index contributed by atoms with van der Waals surface area (Å²) in [4.78, 5) is 2.43. The summed E-state index contributed by atoms with van der Waals surface area (Å²) in [7, 11) is 0. The maximum Gasteiger partial charge on any atom is 0.0714 e. The Labute approximate surface area is 374 Å². The Hall–Kier alpha value is -8.26. The van der Waals surface area contributed by atoms with Crippen LogP contribution in [-0.4, -0.2) is 0 Å². The van der Waals surface area contributed by atoms with Crippen LogP contribution in [0, 0.1) is 0 Å². The Bertz CT molecular complexity index is 3420. The largest absolute Gasteiger partial charge is 0.310 e. The predicted octanol–water partition coefficient (Wildman–Crippen LogP) is 16.8. The van der Waals surface area contributed by atoms with E-state index in [0.29, 0.717) is 0 Å². The standard InChI is InChI=1S/C63H43N/c1-4-19-48(20-5-1)62-56-27-13-11-18-45(56)35-41-57(62)47-33-38-52(39-34-47)64(51-36-31-46(32-37-51)55-29-16-21-44-17-10-12-26-54(44)55)53-40-42-59-58-28-14-15-30-60(58)63(61(59)43-53,49-22-6-2-7-23-49)50-24-8-3-9-25-50/h1-43H. The third-order valence-corrected chi connectivity index (χ3v) is 13.4. The second-order valence-electron chi connectivity index (χ2n) is 16.8. The molecule has 0 fully saturated rings. The fourth-order valence-electron chi connectivity index (χ4n) is 10.5. The van der Waals surface area contributed by atoms with Crippen molar-refractivity contribution in [2.75, 3.05) is 4.90 Å². The van der Waals surface area contributed by atoms with E-state index in [4.69, 9.17) is 0 Å². The van der Waals surface area contributed by atoms with Gasteiger partial charge in [0, 0.05) is 17.1 Å². The monoisotopic (exact) mass is 813 g/mol. The first kappa shape index (κ1) is 37.5. The molecule has 1 heteroatoms. The summed E-state index contributed by atoms with van der Waals surface area (Å²) >= 11 is 0. The van der Waals surface area contributed by atoms with Gasteiger partial charge in [0.2, 0.25) is 0 Å². The van der Waals surface area contributed by atoms with E-state index >= 15 is 0 Å². The van der Waals surface area contributed by atoms with Crippen molar-refractivity contribution in [1.82, 2.24) is 0 Å². The fourth-order valence-corrected chi connectivity index (χ4v) is 10.5. The highest BCUT2D eigenvalue weighted by atomic mass is 15.1. The first-order valence-electron chi connectivity index (χ1n) is 22.2. The molecular formula is C63H43N. The Morgan fingerprint density at radius 2 is 0.734 bits per heavy atom. The molecular weight excluding hydrogens is 771 g/mol. The molecule has 0 atom stereocenters. The molecule has 0 bridgehead atoms. The second-order valence-corrected chi connectivity index (χ2v) is 16.8. The lowest BCUT2D eigenvalue weighted by Crippen LogP contribution is -2.28. The van der Waals surface area contributed by atoms with Crippen molar-refractivity contribution in [3.63, 3.8) is 0 Å². The molecule has 0 aromatic heterocycles. The van der Waals surface area contributed by atoms with Crippen LogP contribution in [0.4, 0.5) is 17.1 Å². The van der Waals surface area contributed by atoms with E-state index in [0.717, 1.165) is 17.1 Å². The van der Waals surface area contributed by atoms with Gasteiger partial charge in [0.05, 0.1) is 5.41 Å². The fraction of sp³-hybridized carbons (Fsp3) is 0.0159. The molecule has 11 aromatic carbocycles. The van der Waals surface area contributed by atoms with Crippen LogP contribution >= 0.6 is 0 Å². The molecule has 0 amide bonds. The Kier molecular flexibility index (Phi) is 9.13. The molecule has 0 heterocycles. The summed E-state index contributed by atoms with van der Waals surface area (Å²) < 4.78 is 0. The molecule has 0 radical (unpaired) electrons. The smallest absolute Gasteiger partial charge is 0.0714 e. The Morgan fingerprint density at radius 3 is 1.41 bits per heavy atom. The lowest BCUT2D eigenvalue weighted by atomic mass is 9.67. The lowest BCUT2D eigenvalue weighted by Gasteiger charge is -2.35. The van der Waals surface area contributed by atoms with Gasteiger partial charge in [-0.25, -0.2) is 0 Å². The Morgan fingerprint density at radius 1 is 0.266 bits per heavy atom. The molecule has 0 unspecified atom stereocenters. The third-order valence-electron chi connectivity index (χ3n) is 13.4. The van der Waals surface area contributed by atoms with Crippen molar-refractivity contribution >= 4 is 38.6 Å². The summed E-state index contributed by atoms with van der Waals surface area (Å²) in [6.45, 7) is 0. The van der Waals surface area contributed by atoms with Gasteiger partial charge in [-0.2, -0.15) is 0 Å². The number of hydrogen-bond donors (Lipinski definition) is 0. The van der Waals surface area contributed by atoms with Crippen LogP contribution in [-0.2, 0) is 5.41 Å². The normalized spacial score (nSPS) is 12.5. The first-order chi connectivity index (χ1) is 31.8. The van der Waals surface area contributed by atoms with Crippen molar-refractivity contribution in [3.8, 4) is 44.5 Å². The van der Waals surface area contributed by atoms with Gasteiger partial charge in [-0.15, -0.1) is 0 Å². The molecule has 12 rings (SSSR count). The molecule has 11 aromatic rings. The molecule has 1 aliphatic carbocycles. The molecule has 0 aliphatic heterocycles. The van der Waals surface area contributed by atoms with E-state index in [9.17, 15) is 0 Å². The van der Waals surface area contributed by atoms with E-state index < -0.39 is 5.41 Å². The molecule has 0 saturated heterocycles. The van der Waals surface area contributed by atoms with Crippen molar-refractivity contribution in [2.45, 2.75) is 5.41 Å². The van der Waals surface area contributed by atoms with Gasteiger partial charge in [-0.05, 0) is 125 Å². The van der Waals surface area contributed by atoms with Gasteiger partial charge in [-0.3, -0.25) is 0 Å². The SMILES string of the molecule is c1ccc(-c2c(-c3ccc(N(c4ccc(-c5cccc6ccccc56)cc4)c4ccc5c(c4)C(c4ccccc4)(c4ccccc4)c4ccccc4-5)cc3)ccc3ccccc23)cc1. The van der Waals surface area contributed by atoms with Crippen LogP contribution in [0.3, 0.4) is 0 Å². The number of fused-ring (bicyclic) bond motifs is 5. The molecule has 1 aliphatic rings. The van der Waals surface area contributed by atoms with Gasteiger partial charge in [0.25, 0.3) is 0 Å². The number of nitrogens with zero attached hydrogens (tertiary/aromatic N) is 1. The van der Waals surface area contributed by atoms with Crippen LogP contribution < -0.4 is 4.90 Å². The van der Waals surface area contributed by atoms with Crippen molar-refractivity contribution in [2.24, 2.45) is 0 Å². The average Bonchev–Trinajstić information content (AvgIpc) is 3.67. The zero-order valence-corrected chi connectivity index (χ0v) is 35.3. The van der Waals surface area contributed by atoms with Crippen LogP contribution in [0.5, 0.6) is 0 Å². The number of benzene rings is 11. The van der Waals surface area contributed by atoms with E-state index in [1.165, 1.54) is 88.3 Å². The minimum absolute atomic E-state index is 0.512. The van der Waals surface area contributed by atoms with Crippen molar-refractivity contribution < 1.29 is 0 Å². The molecule has 0 saturated carbocycles. The molecule has 1 nitrogen and oxygen atoms in total. The highest BCUT2D eigenvalue weighted by Gasteiger charge is 2.46. The van der Waals surface area contributed by atoms with Crippen LogP contribution in [0.1, 0.15) is 22.3 Å². The minimum atomic E-state index is -0.512. The van der Waals surface area contributed by atoms with Crippen LogP contribution in [0.15, 0.2) is 261 Å². The van der Waals surface area contributed by atoms with Crippen molar-refractivity contribution in [1.29, 1.82) is 0 Å². The van der Waals surface area contributed by atoms with E-state index in [2.05, 4.69) is 266 Å². The summed E-state index contributed by atoms with van der Waals surface area (Å²) in [6.07, 6.45) is 0. The van der Waals surface area contributed by atoms with Crippen molar-refractivity contribution in [3.05, 3.63) is 283 Å². The summed E-state index contributed by atoms with van der Waals surface area (Å²) in [5.74, 6) is 0. The van der Waals surface area contributed by atoms with Crippen LogP contribution in [0.25, 0.3) is 66.1 Å². The topological polar surface area (TPSA) is 3.24 Å². The highest BCUT2D eigenvalue weighted by molar-refractivity contribution is 6.04. The quantitative estimate of drug-likeness (QED) is 0.148. The minimum Gasteiger partial charge on any atom is -0.310 e. The lowest BCUT2D eigenvalue weighted by molar-refractivity contribution is 0.768. The second kappa shape index (κ2) is 15.6. The van der Waals surface area contributed by atoms with Crippen LogP contribution in [0.2, 0.25) is 0 Å².